The number of carbonyl (C=O) groups is 1. The maximum absolute atomic E-state index is 12.0. The topological polar surface area (TPSA) is 50.4 Å². The monoisotopic (exact) mass is 320 g/mol. The summed E-state index contributed by atoms with van der Waals surface area (Å²) in [5, 5.41) is 7.75. The van der Waals surface area contributed by atoms with Gasteiger partial charge < -0.3 is 15.4 Å². The van der Waals surface area contributed by atoms with Crippen LogP contribution in [0.3, 0.4) is 0 Å². The van der Waals surface area contributed by atoms with E-state index in [1.807, 2.05) is 66.7 Å². The van der Waals surface area contributed by atoms with Gasteiger partial charge in [-0.2, -0.15) is 0 Å². The highest BCUT2D eigenvalue weighted by Gasteiger charge is 2.04. The smallest absolute Gasteiger partial charge is 0.321 e. The quantitative estimate of drug-likeness (QED) is 0.677. The number of anilines is 1. The highest BCUT2D eigenvalue weighted by molar-refractivity contribution is 5.93. The Hall–Kier alpha value is -3.01. The summed E-state index contributed by atoms with van der Waals surface area (Å²) in [6.07, 6.45) is 0.888. The number of carbonyl (C=O) groups excluding carboxylic acids is 1. The van der Waals surface area contributed by atoms with Crippen LogP contribution in [0.1, 0.15) is 12.5 Å². The van der Waals surface area contributed by atoms with E-state index in [4.69, 9.17) is 4.74 Å². The average molecular weight is 320 g/mol. The highest BCUT2D eigenvalue weighted by Crippen LogP contribution is 2.19. The van der Waals surface area contributed by atoms with E-state index < -0.39 is 0 Å². The molecule has 2 amide bonds. The largest absolute Gasteiger partial charge is 0.473 e. The molecule has 0 radical (unpaired) electrons. The molecule has 0 bridgehead atoms. The lowest BCUT2D eigenvalue weighted by Gasteiger charge is -2.12. The van der Waals surface area contributed by atoms with Crippen molar-refractivity contribution in [3.05, 3.63) is 72.3 Å². The van der Waals surface area contributed by atoms with Crippen molar-refractivity contribution in [2.75, 3.05) is 12.0 Å². The van der Waals surface area contributed by atoms with Crippen molar-refractivity contribution in [1.29, 1.82) is 0 Å². The van der Waals surface area contributed by atoms with E-state index in [9.17, 15) is 4.79 Å². The number of amides is 2. The van der Waals surface area contributed by atoms with Gasteiger partial charge in [-0.1, -0.05) is 55.5 Å². The normalized spacial score (nSPS) is 10.4. The minimum Gasteiger partial charge on any atom is -0.473 e. The minimum atomic E-state index is -0.292. The second kappa shape index (κ2) is 7.51. The van der Waals surface area contributed by atoms with Crippen molar-refractivity contribution < 1.29 is 9.53 Å². The van der Waals surface area contributed by atoms with Crippen LogP contribution in [0.25, 0.3) is 10.8 Å². The van der Waals surface area contributed by atoms with Gasteiger partial charge in [-0.15, -0.1) is 0 Å². The first kappa shape index (κ1) is 15.9. The molecule has 0 fully saturated rings. The van der Waals surface area contributed by atoms with Crippen LogP contribution in [0.2, 0.25) is 0 Å². The molecule has 0 unspecified atom stereocenters. The molecule has 0 heterocycles. The Balaban J connectivity index is 1.55. The number of benzene rings is 3. The predicted molar refractivity (Wildman–Crippen MR) is 97.4 cm³/mol. The van der Waals surface area contributed by atoms with Crippen molar-refractivity contribution in [2.45, 2.75) is 13.3 Å². The molecule has 2 N–H and O–H groups in total. The van der Waals surface area contributed by atoms with Crippen LogP contribution < -0.4 is 15.4 Å². The number of nitrogens with one attached hydrogen (secondary N) is 2. The summed E-state index contributed by atoms with van der Waals surface area (Å²) in [5.74, 6) is 0.797. The van der Waals surface area contributed by atoms with Crippen LogP contribution in [-0.2, 0) is 6.42 Å². The number of para-hydroxylation sites is 1. The fraction of sp³-hybridized carbons (Fsp3) is 0.150. The van der Waals surface area contributed by atoms with E-state index in [1.165, 1.54) is 0 Å². The van der Waals surface area contributed by atoms with Crippen molar-refractivity contribution in [2.24, 2.45) is 0 Å². The van der Waals surface area contributed by atoms with E-state index in [-0.39, 0.29) is 12.8 Å². The SMILES string of the molecule is CCc1ccccc1OCNC(=O)Nc1ccc2ccccc2c1. The summed E-state index contributed by atoms with van der Waals surface area (Å²) in [6, 6.07) is 21.4. The molecular weight excluding hydrogens is 300 g/mol. The number of urea groups is 1. The van der Waals surface area contributed by atoms with E-state index in [0.29, 0.717) is 0 Å². The molecule has 4 nitrogen and oxygen atoms in total. The van der Waals surface area contributed by atoms with Gasteiger partial charge in [0, 0.05) is 5.69 Å². The molecular formula is C20H20N2O2. The van der Waals surface area contributed by atoms with Crippen LogP contribution in [0, 0.1) is 0 Å². The molecule has 3 aromatic carbocycles. The summed E-state index contributed by atoms with van der Waals surface area (Å²) >= 11 is 0. The highest BCUT2D eigenvalue weighted by atomic mass is 16.5. The molecule has 0 saturated carbocycles. The van der Waals surface area contributed by atoms with Gasteiger partial charge in [0.05, 0.1) is 0 Å². The molecule has 0 aliphatic carbocycles. The fourth-order valence-electron chi connectivity index (χ4n) is 2.56. The Morgan fingerprint density at radius 3 is 2.54 bits per heavy atom. The molecule has 0 saturated heterocycles. The van der Waals surface area contributed by atoms with Gasteiger partial charge in [-0.25, -0.2) is 4.79 Å². The van der Waals surface area contributed by atoms with Crippen LogP contribution in [0.5, 0.6) is 5.75 Å². The number of fused-ring (bicyclic) bond motifs is 1. The van der Waals surface area contributed by atoms with Crippen molar-refractivity contribution in [3.8, 4) is 5.75 Å². The molecule has 0 spiro atoms. The van der Waals surface area contributed by atoms with Crippen molar-refractivity contribution in [3.63, 3.8) is 0 Å². The molecule has 0 aliphatic heterocycles. The van der Waals surface area contributed by atoms with Gasteiger partial charge >= 0.3 is 6.03 Å². The third kappa shape index (κ3) is 3.84. The molecule has 0 atom stereocenters. The van der Waals surface area contributed by atoms with E-state index >= 15 is 0 Å². The molecule has 4 heteroatoms. The number of hydrogen-bond donors (Lipinski definition) is 2. The summed E-state index contributed by atoms with van der Waals surface area (Å²) in [5.41, 5.74) is 1.87. The summed E-state index contributed by atoms with van der Waals surface area (Å²) < 4.78 is 5.63. The summed E-state index contributed by atoms with van der Waals surface area (Å²) in [7, 11) is 0. The second-order valence-corrected chi connectivity index (χ2v) is 5.44. The lowest BCUT2D eigenvalue weighted by Crippen LogP contribution is -2.32. The lowest BCUT2D eigenvalue weighted by atomic mass is 10.1. The van der Waals surface area contributed by atoms with Crippen LogP contribution in [-0.4, -0.2) is 12.8 Å². The molecule has 0 aliphatic rings. The maximum atomic E-state index is 12.0. The zero-order chi connectivity index (χ0) is 16.8. The molecule has 0 aromatic heterocycles. The van der Waals surface area contributed by atoms with E-state index in [0.717, 1.165) is 34.2 Å². The standard InChI is InChI=1S/C20H20N2O2/c1-2-15-7-5-6-10-19(15)24-14-21-20(23)22-18-12-11-16-8-3-4-9-17(16)13-18/h3-13H,2,14H2,1H3,(H2,21,22,23). The Morgan fingerprint density at radius 1 is 0.958 bits per heavy atom. The Kier molecular flexibility index (Phi) is 4.96. The van der Waals surface area contributed by atoms with Gasteiger partial charge in [-0.05, 0) is 41.0 Å². The summed E-state index contributed by atoms with van der Waals surface area (Å²) in [6.45, 7) is 2.19. The van der Waals surface area contributed by atoms with E-state index in [2.05, 4.69) is 17.6 Å². The third-order valence-electron chi connectivity index (χ3n) is 3.82. The number of ether oxygens (including phenoxy) is 1. The first-order valence-electron chi connectivity index (χ1n) is 8.00. The predicted octanol–water partition coefficient (Wildman–Crippen LogP) is 4.56. The first-order chi connectivity index (χ1) is 11.8. The van der Waals surface area contributed by atoms with Crippen LogP contribution in [0.4, 0.5) is 10.5 Å². The van der Waals surface area contributed by atoms with Gasteiger partial charge in [0.1, 0.15) is 5.75 Å². The lowest BCUT2D eigenvalue weighted by molar-refractivity contribution is 0.234. The van der Waals surface area contributed by atoms with Crippen molar-refractivity contribution in [1.82, 2.24) is 5.32 Å². The Morgan fingerprint density at radius 2 is 1.71 bits per heavy atom. The fourth-order valence-corrected chi connectivity index (χ4v) is 2.56. The average Bonchev–Trinajstić information content (AvgIpc) is 2.62. The summed E-state index contributed by atoms with van der Waals surface area (Å²) in [4.78, 5) is 12.0. The number of hydrogen-bond acceptors (Lipinski definition) is 2. The van der Waals surface area contributed by atoms with Gasteiger partial charge in [-0.3, -0.25) is 0 Å². The third-order valence-corrected chi connectivity index (χ3v) is 3.82. The van der Waals surface area contributed by atoms with Crippen LogP contribution >= 0.6 is 0 Å². The first-order valence-corrected chi connectivity index (χ1v) is 8.00. The Bertz CT molecular complexity index is 846. The molecule has 3 rings (SSSR count). The van der Waals surface area contributed by atoms with Crippen molar-refractivity contribution >= 4 is 22.5 Å². The van der Waals surface area contributed by atoms with Gasteiger partial charge in [0.15, 0.2) is 6.73 Å². The second-order valence-electron chi connectivity index (χ2n) is 5.44. The zero-order valence-electron chi connectivity index (χ0n) is 13.6. The number of rotatable bonds is 5. The van der Waals surface area contributed by atoms with E-state index in [1.54, 1.807) is 0 Å². The van der Waals surface area contributed by atoms with Gasteiger partial charge in [0.25, 0.3) is 0 Å². The number of aryl methyl sites for hydroxylation is 1. The molecule has 122 valence electrons. The maximum Gasteiger partial charge on any atom is 0.321 e. The molecule has 3 aromatic rings. The Labute approximate surface area is 141 Å². The minimum absolute atomic E-state index is 0.121. The molecule has 24 heavy (non-hydrogen) atoms. The zero-order valence-corrected chi connectivity index (χ0v) is 13.6. The van der Waals surface area contributed by atoms with Crippen LogP contribution in [0.15, 0.2) is 66.7 Å². The van der Waals surface area contributed by atoms with Gasteiger partial charge in [0.2, 0.25) is 0 Å².